The molecule has 3 heterocycles. The molecule has 2 aliphatic rings. The van der Waals surface area contributed by atoms with Gasteiger partial charge in [-0.1, -0.05) is 18.2 Å². The topological polar surface area (TPSA) is 100 Å². The first-order valence-electron chi connectivity index (χ1n) is 13.0. The van der Waals surface area contributed by atoms with Crippen molar-refractivity contribution in [2.24, 2.45) is 0 Å². The molecule has 1 amide bonds. The van der Waals surface area contributed by atoms with Crippen molar-refractivity contribution >= 4 is 33.6 Å². The summed E-state index contributed by atoms with van der Waals surface area (Å²) < 4.78 is 7.89. The van der Waals surface area contributed by atoms with Gasteiger partial charge < -0.3 is 15.0 Å². The van der Waals surface area contributed by atoms with Crippen LogP contribution in [0.5, 0.6) is 0 Å². The maximum absolute atomic E-state index is 14.0. The lowest BCUT2D eigenvalue weighted by Crippen LogP contribution is -2.50. The average Bonchev–Trinajstić information content (AvgIpc) is 3.24. The summed E-state index contributed by atoms with van der Waals surface area (Å²) in [5, 5.41) is 12.7. The first kappa shape index (κ1) is 25.3. The molecule has 1 atom stereocenters. The number of amides is 1. The predicted molar refractivity (Wildman–Crippen MR) is 145 cm³/mol. The zero-order valence-corrected chi connectivity index (χ0v) is 22.5. The fourth-order valence-corrected chi connectivity index (χ4v) is 6.54. The Morgan fingerprint density at radius 1 is 1.24 bits per heavy atom. The van der Waals surface area contributed by atoms with Gasteiger partial charge >= 0.3 is 6.09 Å². The summed E-state index contributed by atoms with van der Waals surface area (Å²) in [6.45, 7) is 7.07. The van der Waals surface area contributed by atoms with Crippen molar-refractivity contribution in [3.63, 3.8) is 0 Å². The van der Waals surface area contributed by atoms with Gasteiger partial charge in [-0.05, 0) is 76.5 Å². The number of piperidine rings is 1. The number of alkyl carbamates (subject to hydrolysis) is 1. The Balaban J connectivity index is 1.55. The second-order valence-corrected chi connectivity index (χ2v) is 12.0. The number of thiophene rings is 1. The average molecular weight is 520 g/mol. The van der Waals surface area contributed by atoms with Crippen LogP contribution in [-0.2, 0) is 24.1 Å². The number of nitrogens with one attached hydrogen (secondary N) is 1. The summed E-state index contributed by atoms with van der Waals surface area (Å²) in [5.74, 6) is 0.604. The van der Waals surface area contributed by atoms with Crippen molar-refractivity contribution in [2.75, 3.05) is 18.0 Å². The number of benzene rings is 1. The highest BCUT2D eigenvalue weighted by Gasteiger charge is 2.29. The number of hydrogen-bond donors (Lipinski definition) is 1. The number of fused-ring (bicyclic) bond motifs is 3. The molecule has 3 aromatic rings. The lowest BCUT2D eigenvalue weighted by atomic mass is 9.98. The SMILES string of the molecule is CC(C)(C)OC(=O)NC1CCCN(c2nc3c4c(sc3c(=O)n2Cc2ccccc2C#N)CCCC4)C1. The summed E-state index contributed by atoms with van der Waals surface area (Å²) in [4.78, 5) is 34.9. The number of aryl methyl sites for hydroxylation is 2. The first-order chi connectivity index (χ1) is 17.7. The summed E-state index contributed by atoms with van der Waals surface area (Å²) in [7, 11) is 0. The van der Waals surface area contributed by atoms with Gasteiger partial charge in [0.05, 0.1) is 23.7 Å². The number of carbonyl (C=O) groups excluding carboxylic acids is 1. The molecular weight excluding hydrogens is 486 g/mol. The van der Waals surface area contributed by atoms with Gasteiger partial charge in [-0.25, -0.2) is 9.78 Å². The molecule has 0 bridgehead atoms. The van der Waals surface area contributed by atoms with E-state index in [1.807, 2.05) is 39.0 Å². The van der Waals surface area contributed by atoms with E-state index < -0.39 is 11.7 Å². The predicted octanol–water partition coefficient (Wildman–Crippen LogP) is 4.75. The van der Waals surface area contributed by atoms with E-state index in [2.05, 4.69) is 16.3 Å². The van der Waals surface area contributed by atoms with E-state index in [0.717, 1.165) is 56.1 Å². The van der Waals surface area contributed by atoms with Gasteiger partial charge in [0, 0.05) is 24.0 Å². The quantitative estimate of drug-likeness (QED) is 0.534. The van der Waals surface area contributed by atoms with Crippen LogP contribution in [0, 0.1) is 11.3 Å². The largest absolute Gasteiger partial charge is 0.444 e. The summed E-state index contributed by atoms with van der Waals surface area (Å²) in [6.07, 6.45) is 5.44. The standard InChI is InChI=1S/C28H33N5O3S/c1-28(2,3)36-27(35)30-20-11-8-14-32(17-20)26-31-23-21-12-6-7-13-22(21)37-24(23)25(34)33(26)16-19-10-5-4-9-18(19)15-29/h4-5,9-10,20H,6-8,11-14,16-17H2,1-3H3,(H,30,35). The Bertz CT molecular complexity index is 1430. The Kier molecular flexibility index (Phi) is 6.95. The first-order valence-corrected chi connectivity index (χ1v) is 13.8. The molecular formula is C28H33N5O3S. The normalized spacial score (nSPS) is 17.8. The van der Waals surface area contributed by atoms with E-state index in [4.69, 9.17) is 9.72 Å². The number of nitriles is 1. The second kappa shape index (κ2) is 10.2. The van der Waals surface area contributed by atoms with E-state index >= 15 is 0 Å². The van der Waals surface area contributed by atoms with E-state index in [-0.39, 0.29) is 18.1 Å². The number of ether oxygens (including phenoxy) is 1. The minimum absolute atomic E-state index is 0.0608. The molecule has 5 rings (SSSR count). The minimum Gasteiger partial charge on any atom is -0.444 e. The van der Waals surface area contributed by atoms with E-state index in [1.165, 1.54) is 10.4 Å². The molecule has 1 fully saturated rings. The maximum Gasteiger partial charge on any atom is 0.407 e. The van der Waals surface area contributed by atoms with Crippen LogP contribution in [0.15, 0.2) is 29.1 Å². The molecule has 2 aromatic heterocycles. The highest BCUT2D eigenvalue weighted by atomic mass is 32.1. The van der Waals surface area contributed by atoms with Crippen molar-refractivity contribution < 1.29 is 9.53 Å². The van der Waals surface area contributed by atoms with Crippen molar-refractivity contribution in [1.82, 2.24) is 14.9 Å². The van der Waals surface area contributed by atoms with E-state index in [9.17, 15) is 14.9 Å². The Morgan fingerprint density at radius 2 is 2.03 bits per heavy atom. The van der Waals surface area contributed by atoms with Crippen LogP contribution < -0.4 is 15.8 Å². The van der Waals surface area contributed by atoms with Gasteiger partial charge in [-0.3, -0.25) is 9.36 Å². The van der Waals surface area contributed by atoms with Gasteiger partial charge in [0.15, 0.2) is 0 Å². The van der Waals surface area contributed by atoms with Gasteiger partial charge in [0.2, 0.25) is 5.95 Å². The molecule has 37 heavy (non-hydrogen) atoms. The fraction of sp³-hybridized carbons (Fsp3) is 0.500. The molecule has 0 spiro atoms. The van der Waals surface area contributed by atoms with Crippen LogP contribution in [0.4, 0.5) is 10.7 Å². The number of aromatic nitrogens is 2. The molecule has 8 nitrogen and oxygen atoms in total. The molecule has 1 aliphatic heterocycles. The number of rotatable bonds is 4. The molecule has 1 N–H and O–H groups in total. The maximum atomic E-state index is 14.0. The molecule has 0 saturated carbocycles. The Labute approximate surface area is 220 Å². The highest BCUT2D eigenvalue weighted by Crippen LogP contribution is 2.35. The van der Waals surface area contributed by atoms with E-state index in [1.54, 1.807) is 22.0 Å². The third-order valence-electron chi connectivity index (χ3n) is 6.93. The van der Waals surface area contributed by atoms with E-state index in [0.29, 0.717) is 22.8 Å². The van der Waals surface area contributed by atoms with Gasteiger partial charge in [-0.2, -0.15) is 5.26 Å². The third kappa shape index (κ3) is 5.35. The summed E-state index contributed by atoms with van der Waals surface area (Å²) >= 11 is 1.58. The molecule has 1 aromatic carbocycles. The van der Waals surface area contributed by atoms with Gasteiger partial charge in [0.25, 0.3) is 5.56 Å². The van der Waals surface area contributed by atoms with Gasteiger partial charge in [0.1, 0.15) is 10.3 Å². The molecule has 194 valence electrons. The lowest BCUT2D eigenvalue weighted by Gasteiger charge is -2.35. The Hall–Kier alpha value is -3.38. The van der Waals surface area contributed by atoms with Crippen molar-refractivity contribution in [3.8, 4) is 6.07 Å². The number of hydrogen-bond acceptors (Lipinski definition) is 7. The van der Waals surface area contributed by atoms with Crippen LogP contribution in [0.2, 0.25) is 0 Å². The zero-order chi connectivity index (χ0) is 26.2. The molecule has 1 unspecified atom stereocenters. The third-order valence-corrected chi connectivity index (χ3v) is 8.20. The highest BCUT2D eigenvalue weighted by molar-refractivity contribution is 7.19. The number of anilines is 1. The molecule has 0 radical (unpaired) electrons. The second-order valence-electron chi connectivity index (χ2n) is 10.9. The van der Waals surface area contributed by atoms with Crippen LogP contribution in [0.3, 0.4) is 0 Å². The van der Waals surface area contributed by atoms with Crippen LogP contribution in [-0.4, -0.2) is 40.4 Å². The summed E-state index contributed by atoms with van der Waals surface area (Å²) in [5.41, 5.74) is 2.75. The zero-order valence-electron chi connectivity index (χ0n) is 21.7. The number of nitrogens with zero attached hydrogens (tertiary/aromatic N) is 4. The number of carbonyl (C=O) groups is 1. The molecule has 9 heteroatoms. The Morgan fingerprint density at radius 3 is 2.81 bits per heavy atom. The van der Waals surface area contributed by atoms with Crippen LogP contribution in [0.25, 0.3) is 10.2 Å². The smallest absolute Gasteiger partial charge is 0.407 e. The van der Waals surface area contributed by atoms with Crippen molar-refractivity contribution in [1.29, 1.82) is 5.26 Å². The van der Waals surface area contributed by atoms with Crippen LogP contribution in [0.1, 0.15) is 68.0 Å². The molecule has 1 aliphatic carbocycles. The molecule has 1 saturated heterocycles. The summed E-state index contributed by atoms with van der Waals surface area (Å²) in [6, 6.07) is 9.52. The van der Waals surface area contributed by atoms with Crippen LogP contribution >= 0.6 is 11.3 Å². The fourth-order valence-electron chi connectivity index (χ4n) is 5.26. The monoisotopic (exact) mass is 519 g/mol. The minimum atomic E-state index is -0.572. The lowest BCUT2D eigenvalue weighted by molar-refractivity contribution is 0.0499. The van der Waals surface area contributed by atoms with Crippen molar-refractivity contribution in [2.45, 2.75) is 77.5 Å². The van der Waals surface area contributed by atoms with Gasteiger partial charge in [-0.15, -0.1) is 11.3 Å². The van der Waals surface area contributed by atoms with Crippen molar-refractivity contribution in [3.05, 3.63) is 56.2 Å².